The summed E-state index contributed by atoms with van der Waals surface area (Å²) >= 11 is -0.390. The zero-order valence-corrected chi connectivity index (χ0v) is 9.23. The summed E-state index contributed by atoms with van der Waals surface area (Å²) in [5, 5.41) is 0. The number of rotatable bonds is 1. The van der Waals surface area contributed by atoms with Crippen molar-refractivity contribution in [2.24, 2.45) is 0 Å². The molecule has 62 valence electrons. The molecule has 0 atom stereocenters. The van der Waals surface area contributed by atoms with Gasteiger partial charge in [0.1, 0.15) is 0 Å². The van der Waals surface area contributed by atoms with E-state index in [0.717, 1.165) is 0 Å². The Labute approximate surface area is 71.6 Å². The Balaban J connectivity index is 2.26. The molecule has 0 aromatic carbocycles. The first-order valence-electron chi connectivity index (χ1n) is 4.09. The van der Waals surface area contributed by atoms with E-state index in [1.54, 1.807) is 8.86 Å². The van der Waals surface area contributed by atoms with Gasteiger partial charge in [-0.15, -0.1) is 0 Å². The quantitative estimate of drug-likeness (QED) is 0.510. The fraction of sp³-hybridized carbons (Fsp3) is 1.00. The van der Waals surface area contributed by atoms with Gasteiger partial charge in [0, 0.05) is 0 Å². The van der Waals surface area contributed by atoms with E-state index >= 15 is 0 Å². The van der Waals surface area contributed by atoms with E-state index in [1.165, 1.54) is 23.9 Å². The van der Waals surface area contributed by atoms with Crippen molar-refractivity contribution in [3.63, 3.8) is 0 Å². The van der Waals surface area contributed by atoms with Crippen LogP contribution in [0.1, 0.15) is 13.3 Å². The van der Waals surface area contributed by atoms with Crippen LogP contribution in [-0.2, 0) is 0 Å². The molecule has 2 heteroatoms. The van der Waals surface area contributed by atoms with E-state index in [9.17, 15) is 0 Å². The number of halogens is 1. The first kappa shape index (κ1) is 8.78. The zero-order chi connectivity index (χ0) is 7.40. The van der Waals surface area contributed by atoms with Crippen LogP contribution in [0.4, 0.5) is 0 Å². The summed E-state index contributed by atoms with van der Waals surface area (Å²) in [6.07, 6.45) is 1.48. The zero-order valence-electron chi connectivity index (χ0n) is 7.07. The Kier molecular flexibility index (Phi) is 3.99. The molecule has 0 radical (unpaired) electrons. The second-order valence-corrected chi connectivity index (χ2v) is 9.79. The molecule has 0 aromatic heterocycles. The maximum absolute atomic E-state index is 2.49. The molecule has 1 saturated heterocycles. The van der Waals surface area contributed by atoms with Gasteiger partial charge in [-0.05, 0) is 0 Å². The fourth-order valence-corrected chi connectivity index (χ4v) is 6.25. The average molecular weight is 255 g/mol. The number of nitrogens with zero attached hydrogens (tertiary/aromatic N) is 1. The molecule has 0 N–H and O–H groups in total. The minimum absolute atomic E-state index is 0.390. The molecule has 1 nitrogen and oxygen atoms in total. The molecule has 1 aliphatic heterocycles. The summed E-state index contributed by atoms with van der Waals surface area (Å²) in [4.78, 5) is 2.49. The molecule has 0 spiro atoms. The van der Waals surface area contributed by atoms with Gasteiger partial charge < -0.3 is 0 Å². The van der Waals surface area contributed by atoms with Crippen molar-refractivity contribution < 1.29 is 0 Å². The molecule has 0 unspecified atom stereocenters. The molecule has 1 heterocycles. The molecule has 0 saturated carbocycles. The molecular weight excluding hydrogens is 237 g/mol. The van der Waals surface area contributed by atoms with Crippen molar-refractivity contribution in [3.05, 3.63) is 0 Å². The Bertz CT molecular complexity index is 95.3. The number of hydrogen-bond acceptors (Lipinski definition) is 1. The van der Waals surface area contributed by atoms with Gasteiger partial charge in [-0.2, -0.15) is 0 Å². The van der Waals surface area contributed by atoms with Crippen LogP contribution in [0, 0.1) is 0 Å². The van der Waals surface area contributed by atoms with Gasteiger partial charge in [0.15, 0.2) is 0 Å². The molecule has 1 aliphatic rings. The Morgan fingerprint density at radius 1 is 1.30 bits per heavy atom. The molecule has 1 fully saturated rings. The van der Waals surface area contributed by atoms with Crippen molar-refractivity contribution in [2.45, 2.75) is 13.3 Å². The van der Waals surface area contributed by atoms with E-state index in [1.807, 2.05) is 0 Å². The molecule has 0 bridgehead atoms. The van der Waals surface area contributed by atoms with Gasteiger partial charge >= 0.3 is 71.5 Å². The predicted molar refractivity (Wildman–Crippen MR) is 56.4 cm³/mol. The van der Waals surface area contributed by atoms with Gasteiger partial charge in [-0.25, -0.2) is 0 Å². The number of alkyl halides is 3. The summed E-state index contributed by atoms with van der Waals surface area (Å²) in [6.45, 7) is 5.13. The normalized spacial score (nSPS) is 26.4. The summed E-state index contributed by atoms with van der Waals surface area (Å²) in [6, 6.07) is 0. The first-order chi connectivity index (χ1) is 4.83. The van der Waals surface area contributed by atoms with E-state index in [0.29, 0.717) is 0 Å². The van der Waals surface area contributed by atoms with Gasteiger partial charge in [0.25, 0.3) is 0 Å². The molecule has 0 amide bonds. The SMILES string of the molecule is CCI1CCCN(C)CC1. The Morgan fingerprint density at radius 2 is 2.10 bits per heavy atom. The second-order valence-electron chi connectivity index (χ2n) is 2.87. The number of hydrogen-bond donors (Lipinski definition) is 0. The standard InChI is InChI=1S/C8H18IN/c1-3-9-5-4-7-10(2)8-6-9/h3-8H2,1-2H3. The maximum atomic E-state index is 2.49. The molecule has 0 aromatic rings. The molecular formula is C8H18IN. The van der Waals surface area contributed by atoms with Crippen LogP contribution in [0.5, 0.6) is 0 Å². The second kappa shape index (κ2) is 4.54. The third kappa shape index (κ3) is 2.74. The van der Waals surface area contributed by atoms with Crippen molar-refractivity contribution in [2.75, 3.05) is 33.4 Å². The molecule has 10 heavy (non-hydrogen) atoms. The van der Waals surface area contributed by atoms with Crippen molar-refractivity contribution in [1.29, 1.82) is 0 Å². The minimum atomic E-state index is -0.390. The molecule has 0 aliphatic carbocycles. The first-order valence-corrected chi connectivity index (χ1v) is 8.67. The van der Waals surface area contributed by atoms with Crippen LogP contribution in [0.2, 0.25) is 0 Å². The van der Waals surface area contributed by atoms with E-state index in [2.05, 4.69) is 18.9 Å². The van der Waals surface area contributed by atoms with Crippen LogP contribution in [0.25, 0.3) is 0 Å². The summed E-state index contributed by atoms with van der Waals surface area (Å²) in [5.41, 5.74) is 0. The summed E-state index contributed by atoms with van der Waals surface area (Å²) in [7, 11) is 2.26. The predicted octanol–water partition coefficient (Wildman–Crippen LogP) is 1.85. The van der Waals surface area contributed by atoms with Crippen LogP contribution >= 0.6 is 19.8 Å². The van der Waals surface area contributed by atoms with Crippen LogP contribution in [0.3, 0.4) is 0 Å². The molecule has 1 rings (SSSR count). The van der Waals surface area contributed by atoms with Crippen molar-refractivity contribution in [3.8, 4) is 0 Å². The van der Waals surface area contributed by atoms with Gasteiger partial charge in [-0.1, -0.05) is 0 Å². The van der Waals surface area contributed by atoms with Gasteiger partial charge in [0.2, 0.25) is 0 Å². The average Bonchev–Trinajstić information content (AvgIpc) is 2.14. The van der Waals surface area contributed by atoms with Crippen LogP contribution in [-0.4, -0.2) is 38.3 Å². The summed E-state index contributed by atoms with van der Waals surface area (Å²) < 4.78 is 4.74. The van der Waals surface area contributed by atoms with E-state index < -0.39 is 19.8 Å². The topological polar surface area (TPSA) is 3.24 Å². The Hall–Kier alpha value is 0.690. The summed E-state index contributed by atoms with van der Waals surface area (Å²) in [5.74, 6) is 0. The van der Waals surface area contributed by atoms with E-state index in [-0.39, 0.29) is 0 Å². The third-order valence-electron chi connectivity index (χ3n) is 2.05. The van der Waals surface area contributed by atoms with Crippen molar-refractivity contribution >= 4 is 19.8 Å². The van der Waals surface area contributed by atoms with Crippen molar-refractivity contribution in [1.82, 2.24) is 4.90 Å². The fourth-order valence-electron chi connectivity index (χ4n) is 1.26. The third-order valence-corrected chi connectivity index (χ3v) is 8.51. The monoisotopic (exact) mass is 255 g/mol. The van der Waals surface area contributed by atoms with Crippen LogP contribution < -0.4 is 0 Å². The van der Waals surface area contributed by atoms with Crippen LogP contribution in [0.15, 0.2) is 0 Å². The van der Waals surface area contributed by atoms with Gasteiger partial charge in [0.05, 0.1) is 0 Å². The van der Waals surface area contributed by atoms with Gasteiger partial charge in [-0.3, -0.25) is 0 Å². The van der Waals surface area contributed by atoms with E-state index in [4.69, 9.17) is 0 Å². The Morgan fingerprint density at radius 3 is 2.80 bits per heavy atom.